The Morgan fingerprint density at radius 3 is 1.90 bits per heavy atom. The zero-order chi connectivity index (χ0) is 29.9. The fourth-order valence-corrected chi connectivity index (χ4v) is 4.34. The summed E-state index contributed by atoms with van der Waals surface area (Å²) in [5.41, 5.74) is 1.73. The standard InChI is InChI=1S/C33H47NO6/c1-8-9-13-26(30(37)39-32(2,3)4)21-27(29(36)34-22-28(35)31(38)40-33(5,6)7)20-23-16-18-25(19-17-23)24-14-11-10-12-15-24/h10-12,14-19,26-28,35H,8-9,13,20-22H2,1-7H3,(H,34,36)/t26-,27-,28?/m1/s1. The van der Waals surface area contributed by atoms with Crippen molar-refractivity contribution in [2.24, 2.45) is 11.8 Å². The zero-order valence-corrected chi connectivity index (χ0v) is 25.2. The minimum absolute atomic E-state index is 0.275. The van der Waals surface area contributed by atoms with Gasteiger partial charge in [0.2, 0.25) is 5.91 Å². The number of ether oxygens (including phenoxy) is 2. The van der Waals surface area contributed by atoms with E-state index in [0.29, 0.717) is 19.3 Å². The highest BCUT2D eigenvalue weighted by Crippen LogP contribution is 2.27. The van der Waals surface area contributed by atoms with E-state index in [2.05, 4.69) is 12.2 Å². The lowest BCUT2D eigenvalue weighted by Gasteiger charge is -2.27. The van der Waals surface area contributed by atoms with Gasteiger partial charge < -0.3 is 19.9 Å². The monoisotopic (exact) mass is 553 g/mol. The van der Waals surface area contributed by atoms with Crippen molar-refractivity contribution in [1.29, 1.82) is 0 Å². The van der Waals surface area contributed by atoms with E-state index in [1.807, 2.05) is 75.4 Å². The molecule has 0 fully saturated rings. The molecule has 2 N–H and O–H groups in total. The first-order valence-corrected chi connectivity index (χ1v) is 14.2. The molecule has 0 heterocycles. The van der Waals surface area contributed by atoms with E-state index in [0.717, 1.165) is 29.5 Å². The molecular weight excluding hydrogens is 506 g/mol. The first kappa shape index (κ1) is 33.0. The van der Waals surface area contributed by atoms with Gasteiger partial charge in [-0.05, 0) is 77.5 Å². The van der Waals surface area contributed by atoms with Gasteiger partial charge in [-0.25, -0.2) is 4.79 Å². The molecule has 0 bridgehead atoms. The number of aliphatic hydroxyl groups excluding tert-OH is 1. The van der Waals surface area contributed by atoms with Crippen LogP contribution in [0.25, 0.3) is 11.1 Å². The second-order valence-electron chi connectivity index (χ2n) is 12.4. The smallest absolute Gasteiger partial charge is 0.337 e. The molecule has 0 saturated heterocycles. The number of aliphatic hydroxyl groups is 1. The Balaban J connectivity index is 2.23. The van der Waals surface area contributed by atoms with Gasteiger partial charge in [0.1, 0.15) is 11.2 Å². The number of benzene rings is 2. The molecule has 220 valence electrons. The molecule has 0 saturated carbocycles. The van der Waals surface area contributed by atoms with Crippen LogP contribution in [0.5, 0.6) is 0 Å². The van der Waals surface area contributed by atoms with Gasteiger partial charge in [0.25, 0.3) is 0 Å². The van der Waals surface area contributed by atoms with Crippen LogP contribution in [-0.4, -0.2) is 46.8 Å². The third-order valence-electron chi connectivity index (χ3n) is 6.28. The average molecular weight is 554 g/mol. The molecule has 0 spiro atoms. The maximum absolute atomic E-state index is 13.4. The van der Waals surface area contributed by atoms with Crippen LogP contribution in [0.4, 0.5) is 0 Å². The lowest BCUT2D eigenvalue weighted by atomic mass is 9.85. The van der Waals surface area contributed by atoms with Crippen molar-refractivity contribution in [1.82, 2.24) is 5.32 Å². The summed E-state index contributed by atoms with van der Waals surface area (Å²) in [5.74, 6) is -2.46. The van der Waals surface area contributed by atoms with E-state index in [1.54, 1.807) is 20.8 Å². The molecule has 0 aliphatic carbocycles. The Morgan fingerprint density at radius 1 is 0.800 bits per heavy atom. The molecule has 40 heavy (non-hydrogen) atoms. The maximum Gasteiger partial charge on any atom is 0.337 e. The summed E-state index contributed by atoms with van der Waals surface area (Å²) in [6.07, 6.45) is 1.57. The molecule has 1 unspecified atom stereocenters. The number of esters is 2. The van der Waals surface area contributed by atoms with Crippen LogP contribution in [-0.2, 0) is 30.3 Å². The van der Waals surface area contributed by atoms with Crippen LogP contribution in [0, 0.1) is 11.8 Å². The molecule has 3 atom stereocenters. The lowest BCUT2D eigenvalue weighted by Crippen LogP contribution is -2.43. The lowest BCUT2D eigenvalue weighted by molar-refractivity contribution is -0.164. The molecule has 0 aliphatic heterocycles. The van der Waals surface area contributed by atoms with Gasteiger partial charge >= 0.3 is 11.9 Å². The van der Waals surface area contributed by atoms with Gasteiger partial charge in [-0.3, -0.25) is 9.59 Å². The summed E-state index contributed by atoms with van der Waals surface area (Å²) < 4.78 is 10.9. The third-order valence-corrected chi connectivity index (χ3v) is 6.28. The van der Waals surface area contributed by atoms with Crippen LogP contribution >= 0.6 is 0 Å². The summed E-state index contributed by atoms with van der Waals surface area (Å²) in [4.78, 5) is 38.8. The van der Waals surface area contributed by atoms with E-state index in [4.69, 9.17) is 9.47 Å². The van der Waals surface area contributed by atoms with Crippen molar-refractivity contribution in [3.63, 3.8) is 0 Å². The van der Waals surface area contributed by atoms with Gasteiger partial charge in [-0.2, -0.15) is 0 Å². The summed E-state index contributed by atoms with van der Waals surface area (Å²) >= 11 is 0. The van der Waals surface area contributed by atoms with E-state index in [1.165, 1.54) is 0 Å². The highest BCUT2D eigenvalue weighted by molar-refractivity contribution is 5.82. The number of rotatable bonds is 13. The number of carbonyl (C=O) groups excluding carboxylic acids is 3. The fourth-order valence-electron chi connectivity index (χ4n) is 4.34. The van der Waals surface area contributed by atoms with Gasteiger partial charge in [-0.1, -0.05) is 74.4 Å². The molecule has 7 heteroatoms. The van der Waals surface area contributed by atoms with Crippen molar-refractivity contribution in [2.75, 3.05) is 6.54 Å². The highest BCUT2D eigenvalue weighted by atomic mass is 16.6. The van der Waals surface area contributed by atoms with Crippen LogP contribution in [0.1, 0.15) is 79.7 Å². The Bertz CT molecular complexity index is 1080. The third kappa shape index (κ3) is 11.9. The highest BCUT2D eigenvalue weighted by Gasteiger charge is 2.31. The summed E-state index contributed by atoms with van der Waals surface area (Å²) in [7, 11) is 0. The average Bonchev–Trinajstić information content (AvgIpc) is 2.87. The Labute approximate surface area is 239 Å². The molecule has 2 aromatic carbocycles. The van der Waals surface area contributed by atoms with Crippen LogP contribution in [0.3, 0.4) is 0 Å². The molecule has 0 aliphatic rings. The van der Waals surface area contributed by atoms with Crippen molar-refractivity contribution >= 4 is 17.8 Å². The first-order valence-electron chi connectivity index (χ1n) is 14.2. The Morgan fingerprint density at radius 2 is 1.35 bits per heavy atom. The SMILES string of the molecule is CCCC[C@H](C[C@@H](Cc1ccc(-c2ccccc2)cc1)C(=O)NCC(O)C(=O)OC(C)(C)C)C(=O)OC(C)(C)C. The van der Waals surface area contributed by atoms with Crippen LogP contribution < -0.4 is 5.32 Å². The normalized spacial score (nSPS) is 14.1. The summed E-state index contributed by atoms with van der Waals surface area (Å²) in [6, 6.07) is 18.1. The quantitative estimate of drug-likeness (QED) is 0.301. The van der Waals surface area contributed by atoms with Crippen LogP contribution in [0.2, 0.25) is 0 Å². The van der Waals surface area contributed by atoms with E-state index >= 15 is 0 Å². The molecular formula is C33H47NO6. The number of nitrogens with one attached hydrogen (secondary N) is 1. The van der Waals surface area contributed by atoms with Gasteiger partial charge in [0.05, 0.1) is 12.5 Å². The molecule has 0 aromatic heterocycles. The fraction of sp³-hybridized carbons (Fsp3) is 0.545. The topological polar surface area (TPSA) is 102 Å². The molecule has 7 nitrogen and oxygen atoms in total. The molecule has 0 radical (unpaired) electrons. The van der Waals surface area contributed by atoms with Crippen molar-refractivity contribution in [3.05, 3.63) is 60.2 Å². The van der Waals surface area contributed by atoms with Crippen LogP contribution in [0.15, 0.2) is 54.6 Å². The first-order chi connectivity index (χ1) is 18.7. The Kier molecular flexibility index (Phi) is 12.4. The maximum atomic E-state index is 13.4. The van der Waals surface area contributed by atoms with Gasteiger partial charge in [-0.15, -0.1) is 0 Å². The number of carbonyl (C=O) groups is 3. The molecule has 1 amide bonds. The largest absolute Gasteiger partial charge is 0.460 e. The zero-order valence-electron chi connectivity index (χ0n) is 25.2. The van der Waals surface area contributed by atoms with Crippen molar-refractivity contribution in [3.8, 4) is 11.1 Å². The molecule has 2 rings (SSSR count). The Hall–Kier alpha value is -3.19. The number of amides is 1. The van der Waals surface area contributed by atoms with Crippen molar-refractivity contribution < 1.29 is 29.0 Å². The number of hydrogen-bond acceptors (Lipinski definition) is 6. The minimum Gasteiger partial charge on any atom is -0.460 e. The number of hydrogen-bond donors (Lipinski definition) is 2. The molecule has 2 aromatic rings. The minimum atomic E-state index is -1.49. The summed E-state index contributed by atoms with van der Waals surface area (Å²) in [5, 5.41) is 13.0. The van der Waals surface area contributed by atoms with Crippen molar-refractivity contribution in [2.45, 2.75) is 97.9 Å². The predicted molar refractivity (Wildman–Crippen MR) is 157 cm³/mol. The summed E-state index contributed by atoms with van der Waals surface area (Å²) in [6.45, 7) is 12.4. The van der Waals surface area contributed by atoms with Gasteiger partial charge in [0.15, 0.2) is 6.10 Å². The predicted octanol–water partition coefficient (Wildman–Crippen LogP) is 5.87. The van der Waals surface area contributed by atoms with E-state index in [-0.39, 0.29) is 18.4 Å². The van der Waals surface area contributed by atoms with E-state index < -0.39 is 35.1 Å². The second kappa shape index (κ2) is 15.0. The second-order valence-corrected chi connectivity index (χ2v) is 12.4. The number of unbranched alkanes of at least 4 members (excludes halogenated alkanes) is 1. The van der Waals surface area contributed by atoms with Gasteiger partial charge in [0, 0.05) is 5.92 Å². The van der Waals surface area contributed by atoms with E-state index in [9.17, 15) is 19.5 Å².